The predicted octanol–water partition coefficient (Wildman–Crippen LogP) is 3.16. The van der Waals surface area contributed by atoms with Gasteiger partial charge in [0.15, 0.2) is 0 Å². The summed E-state index contributed by atoms with van der Waals surface area (Å²) in [5, 5.41) is 0. The van der Waals surface area contributed by atoms with Crippen molar-refractivity contribution in [2.45, 2.75) is 25.4 Å². The van der Waals surface area contributed by atoms with E-state index in [1.807, 2.05) is 6.92 Å². The predicted molar refractivity (Wildman–Crippen MR) is 53.5 cm³/mol. The van der Waals surface area contributed by atoms with Crippen molar-refractivity contribution in [3.63, 3.8) is 0 Å². The van der Waals surface area contributed by atoms with Gasteiger partial charge < -0.3 is 5.73 Å². The van der Waals surface area contributed by atoms with Gasteiger partial charge in [0.25, 0.3) is 0 Å². The zero-order chi connectivity index (χ0) is 11.5. The summed E-state index contributed by atoms with van der Waals surface area (Å²) in [5.41, 5.74) is 5.55. The maximum atomic E-state index is 12.4. The first-order valence-corrected chi connectivity index (χ1v) is 4.86. The Kier molecular flexibility index (Phi) is 3.74. The minimum absolute atomic E-state index is 0.00676. The fraction of sp³-hybridized carbons (Fsp3) is 0.455. The van der Waals surface area contributed by atoms with Gasteiger partial charge >= 0.3 is 6.18 Å². The van der Waals surface area contributed by atoms with Gasteiger partial charge in [-0.2, -0.15) is 13.2 Å². The lowest BCUT2D eigenvalue weighted by Gasteiger charge is -2.14. The van der Waals surface area contributed by atoms with Gasteiger partial charge in [0.1, 0.15) is 0 Å². The molecule has 0 radical (unpaired) electrons. The molecule has 0 heterocycles. The monoisotopic (exact) mass is 217 g/mol. The van der Waals surface area contributed by atoms with E-state index in [1.54, 1.807) is 6.07 Å². The summed E-state index contributed by atoms with van der Waals surface area (Å²) in [5.74, 6) is 0.00676. The van der Waals surface area contributed by atoms with E-state index in [0.717, 1.165) is 12.5 Å². The van der Waals surface area contributed by atoms with Crippen molar-refractivity contribution in [1.29, 1.82) is 0 Å². The van der Waals surface area contributed by atoms with E-state index in [2.05, 4.69) is 0 Å². The van der Waals surface area contributed by atoms with Gasteiger partial charge in [-0.3, -0.25) is 0 Å². The van der Waals surface area contributed by atoms with Crippen molar-refractivity contribution in [2.75, 3.05) is 6.54 Å². The van der Waals surface area contributed by atoms with Gasteiger partial charge in [0, 0.05) is 0 Å². The second-order valence-electron chi connectivity index (χ2n) is 3.46. The second kappa shape index (κ2) is 4.66. The molecule has 0 amide bonds. The molecule has 2 N–H and O–H groups in total. The number of halogens is 3. The first-order chi connectivity index (χ1) is 6.99. The molecule has 0 spiro atoms. The third-order valence-electron chi connectivity index (χ3n) is 2.46. The standard InChI is InChI=1S/C11H14F3N/c1-2-8(7-15)9-4-3-5-10(6-9)11(12,13)14/h3-6,8H,2,7,15H2,1H3. The molecule has 84 valence electrons. The molecule has 0 bridgehead atoms. The highest BCUT2D eigenvalue weighted by atomic mass is 19.4. The van der Waals surface area contributed by atoms with Crippen LogP contribution in [0, 0.1) is 0 Å². The molecule has 0 aliphatic rings. The number of hydrogen-bond donors (Lipinski definition) is 1. The zero-order valence-corrected chi connectivity index (χ0v) is 8.51. The Morgan fingerprint density at radius 3 is 2.47 bits per heavy atom. The Bertz CT molecular complexity index is 316. The average Bonchev–Trinajstić information content (AvgIpc) is 2.19. The normalized spacial score (nSPS) is 13.9. The van der Waals surface area contributed by atoms with Gasteiger partial charge in [-0.15, -0.1) is 0 Å². The van der Waals surface area contributed by atoms with Crippen LogP contribution in [0.15, 0.2) is 24.3 Å². The average molecular weight is 217 g/mol. The van der Waals surface area contributed by atoms with Crippen molar-refractivity contribution in [1.82, 2.24) is 0 Å². The van der Waals surface area contributed by atoms with Crippen LogP contribution in [-0.4, -0.2) is 6.54 Å². The summed E-state index contributed by atoms with van der Waals surface area (Å²) in [7, 11) is 0. The van der Waals surface area contributed by atoms with Crippen molar-refractivity contribution < 1.29 is 13.2 Å². The maximum absolute atomic E-state index is 12.4. The van der Waals surface area contributed by atoms with E-state index >= 15 is 0 Å². The molecule has 1 aromatic rings. The summed E-state index contributed by atoms with van der Waals surface area (Å²) >= 11 is 0. The molecule has 0 fully saturated rings. The van der Waals surface area contributed by atoms with Crippen LogP contribution in [0.5, 0.6) is 0 Å². The molecule has 15 heavy (non-hydrogen) atoms. The van der Waals surface area contributed by atoms with Gasteiger partial charge in [-0.1, -0.05) is 25.1 Å². The SMILES string of the molecule is CCC(CN)c1cccc(C(F)(F)F)c1. The van der Waals surface area contributed by atoms with E-state index in [4.69, 9.17) is 5.73 Å². The van der Waals surface area contributed by atoms with Crippen LogP contribution >= 0.6 is 0 Å². The lowest BCUT2D eigenvalue weighted by molar-refractivity contribution is -0.137. The first kappa shape index (κ1) is 12.0. The second-order valence-corrected chi connectivity index (χ2v) is 3.46. The fourth-order valence-corrected chi connectivity index (χ4v) is 1.51. The van der Waals surface area contributed by atoms with Crippen molar-refractivity contribution in [2.24, 2.45) is 5.73 Å². The molecule has 0 saturated heterocycles. The molecule has 1 rings (SSSR count). The number of alkyl halides is 3. The summed E-state index contributed by atoms with van der Waals surface area (Å²) in [6, 6.07) is 5.38. The van der Waals surface area contributed by atoms with Crippen LogP contribution < -0.4 is 5.73 Å². The van der Waals surface area contributed by atoms with Crippen LogP contribution in [0.25, 0.3) is 0 Å². The molecule has 0 aliphatic carbocycles. The lowest BCUT2D eigenvalue weighted by Crippen LogP contribution is -2.13. The van der Waals surface area contributed by atoms with E-state index in [1.165, 1.54) is 12.1 Å². The summed E-state index contributed by atoms with van der Waals surface area (Å²) in [6.45, 7) is 2.29. The number of nitrogens with two attached hydrogens (primary N) is 1. The molecule has 1 atom stereocenters. The molecule has 0 saturated carbocycles. The Morgan fingerprint density at radius 2 is 2.00 bits per heavy atom. The minimum Gasteiger partial charge on any atom is -0.330 e. The topological polar surface area (TPSA) is 26.0 Å². The molecule has 1 unspecified atom stereocenters. The molecule has 1 aromatic carbocycles. The summed E-state index contributed by atoms with van der Waals surface area (Å²) < 4.78 is 37.2. The van der Waals surface area contributed by atoms with Gasteiger partial charge in [0.05, 0.1) is 5.56 Å². The number of hydrogen-bond acceptors (Lipinski definition) is 1. The summed E-state index contributed by atoms with van der Waals surface area (Å²) in [6.07, 6.45) is -3.53. The maximum Gasteiger partial charge on any atom is 0.416 e. The third kappa shape index (κ3) is 2.96. The lowest BCUT2D eigenvalue weighted by atomic mass is 9.95. The van der Waals surface area contributed by atoms with E-state index in [9.17, 15) is 13.2 Å². The highest BCUT2D eigenvalue weighted by Crippen LogP contribution is 2.31. The van der Waals surface area contributed by atoms with Crippen LogP contribution in [0.1, 0.15) is 30.4 Å². The largest absolute Gasteiger partial charge is 0.416 e. The van der Waals surface area contributed by atoms with Crippen LogP contribution in [0.3, 0.4) is 0 Å². The van der Waals surface area contributed by atoms with Gasteiger partial charge in [0.2, 0.25) is 0 Å². The number of rotatable bonds is 3. The Labute approximate surface area is 87.1 Å². The number of benzene rings is 1. The molecule has 0 aromatic heterocycles. The Balaban J connectivity index is 3.02. The molecular formula is C11H14F3N. The fourth-order valence-electron chi connectivity index (χ4n) is 1.51. The van der Waals surface area contributed by atoms with Crippen LogP contribution in [0.2, 0.25) is 0 Å². The summed E-state index contributed by atoms with van der Waals surface area (Å²) in [4.78, 5) is 0. The quantitative estimate of drug-likeness (QED) is 0.826. The highest BCUT2D eigenvalue weighted by Gasteiger charge is 2.30. The Hall–Kier alpha value is -1.03. The smallest absolute Gasteiger partial charge is 0.330 e. The molecular weight excluding hydrogens is 203 g/mol. The molecule has 0 aliphatic heterocycles. The van der Waals surface area contributed by atoms with Crippen molar-refractivity contribution in [3.8, 4) is 0 Å². The van der Waals surface area contributed by atoms with Crippen molar-refractivity contribution in [3.05, 3.63) is 35.4 Å². The first-order valence-electron chi connectivity index (χ1n) is 4.86. The van der Waals surface area contributed by atoms with E-state index < -0.39 is 11.7 Å². The van der Waals surface area contributed by atoms with Crippen molar-refractivity contribution >= 4 is 0 Å². The van der Waals surface area contributed by atoms with Crippen LogP contribution in [-0.2, 0) is 6.18 Å². The van der Waals surface area contributed by atoms with E-state index in [0.29, 0.717) is 12.1 Å². The van der Waals surface area contributed by atoms with Gasteiger partial charge in [-0.25, -0.2) is 0 Å². The molecule has 1 nitrogen and oxygen atoms in total. The Morgan fingerprint density at radius 1 is 1.33 bits per heavy atom. The highest BCUT2D eigenvalue weighted by molar-refractivity contribution is 5.28. The van der Waals surface area contributed by atoms with Crippen LogP contribution in [0.4, 0.5) is 13.2 Å². The van der Waals surface area contributed by atoms with E-state index in [-0.39, 0.29) is 5.92 Å². The van der Waals surface area contributed by atoms with Gasteiger partial charge in [-0.05, 0) is 30.5 Å². The zero-order valence-electron chi connectivity index (χ0n) is 8.51. The third-order valence-corrected chi connectivity index (χ3v) is 2.46. The minimum atomic E-state index is -4.27. The molecule has 4 heteroatoms.